The Morgan fingerprint density at radius 1 is 1.03 bits per heavy atom. The molecule has 5 rings (SSSR count). The maximum absolute atomic E-state index is 13.9. The van der Waals surface area contributed by atoms with Crippen molar-refractivity contribution in [3.05, 3.63) is 70.8 Å². The largest absolute Gasteiger partial charge is 0.485 e. The SMILES string of the molecule is O=C(NC1CCCCC1)[C@H](c1cccs1)N(Cc1ccco1)C(=O)[C@H]1COc2ccccc2O1. The first-order valence-electron chi connectivity index (χ1n) is 11.7. The number of hydrogen-bond acceptors (Lipinski definition) is 6. The molecule has 0 unspecified atom stereocenters. The van der Waals surface area contributed by atoms with Gasteiger partial charge in [-0.25, -0.2) is 0 Å². The van der Waals surface area contributed by atoms with E-state index in [4.69, 9.17) is 13.9 Å². The zero-order valence-electron chi connectivity index (χ0n) is 18.9. The van der Waals surface area contributed by atoms with Crippen LogP contribution >= 0.6 is 11.3 Å². The monoisotopic (exact) mass is 480 g/mol. The minimum Gasteiger partial charge on any atom is -0.485 e. The molecule has 0 saturated heterocycles. The summed E-state index contributed by atoms with van der Waals surface area (Å²) in [5.41, 5.74) is 0. The normalized spacial score (nSPS) is 18.8. The van der Waals surface area contributed by atoms with E-state index < -0.39 is 12.1 Å². The number of thiophene rings is 1. The fraction of sp³-hybridized carbons (Fsp3) is 0.385. The number of fused-ring (bicyclic) bond motifs is 1. The van der Waals surface area contributed by atoms with Crippen LogP contribution in [-0.2, 0) is 16.1 Å². The minimum absolute atomic E-state index is 0.0753. The van der Waals surface area contributed by atoms with Crippen LogP contribution in [0, 0.1) is 0 Å². The lowest BCUT2D eigenvalue weighted by molar-refractivity contribution is -0.149. The van der Waals surface area contributed by atoms with E-state index in [1.807, 2.05) is 35.7 Å². The van der Waals surface area contributed by atoms with Crippen LogP contribution in [0.1, 0.15) is 48.8 Å². The highest BCUT2D eigenvalue weighted by Gasteiger charge is 2.39. The quantitative estimate of drug-likeness (QED) is 0.530. The maximum atomic E-state index is 13.9. The summed E-state index contributed by atoms with van der Waals surface area (Å²) >= 11 is 1.46. The first-order chi connectivity index (χ1) is 16.7. The van der Waals surface area contributed by atoms with Gasteiger partial charge in [0.25, 0.3) is 5.91 Å². The number of rotatable bonds is 7. The molecule has 34 heavy (non-hydrogen) atoms. The van der Waals surface area contributed by atoms with Crippen LogP contribution in [-0.4, -0.2) is 35.5 Å². The van der Waals surface area contributed by atoms with Crippen LogP contribution in [0.3, 0.4) is 0 Å². The third-order valence-corrected chi connectivity index (χ3v) is 7.22. The van der Waals surface area contributed by atoms with E-state index in [1.165, 1.54) is 17.8 Å². The summed E-state index contributed by atoms with van der Waals surface area (Å²) in [4.78, 5) is 29.9. The highest BCUT2D eigenvalue weighted by atomic mass is 32.1. The Bertz CT molecular complexity index is 1090. The molecule has 1 N–H and O–H groups in total. The molecule has 2 aliphatic rings. The van der Waals surface area contributed by atoms with Gasteiger partial charge in [-0.05, 0) is 48.6 Å². The lowest BCUT2D eigenvalue weighted by Gasteiger charge is -2.35. The van der Waals surface area contributed by atoms with Gasteiger partial charge in [-0.1, -0.05) is 37.5 Å². The fourth-order valence-electron chi connectivity index (χ4n) is 4.59. The number of carbonyl (C=O) groups excluding carboxylic acids is 2. The van der Waals surface area contributed by atoms with E-state index >= 15 is 0 Å². The van der Waals surface area contributed by atoms with Crippen LogP contribution in [0.25, 0.3) is 0 Å². The second kappa shape index (κ2) is 10.3. The summed E-state index contributed by atoms with van der Waals surface area (Å²) in [5, 5.41) is 5.13. The van der Waals surface area contributed by atoms with Crippen molar-refractivity contribution in [3.63, 3.8) is 0 Å². The highest BCUT2D eigenvalue weighted by molar-refractivity contribution is 7.10. The van der Waals surface area contributed by atoms with Crippen molar-refractivity contribution in [2.45, 2.75) is 56.8 Å². The molecule has 3 aromatic rings. The van der Waals surface area contributed by atoms with Gasteiger partial charge in [0.1, 0.15) is 18.4 Å². The molecule has 1 saturated carbocycles. The molecule has 1 aliphatic carbocycles. The molecule has 178 valence electrons. The van der Waals surface area contributed by atoms with Crippen molar-refractivity contribution in [3.8, 4) is 11.5 Å². The molecule has 3 heterocycles. The van der Waals surface area contributed by atoms with Gasteiger partial charge in [0.15, 0.2) is 11.5 Å². The average molecular weight is 481 g/mol. The maximum Gasteiger partial charge on any atom is 0.268 e. The molecular weight excluding hydrogens is 452 g/mol. The molecule has 2 amide bonds. The number of amides is 2. The fourth-order valence-corrected chi connectivity index (χ4v) is 5.43. The molecule has 2 aromatic heterocycles. The standard InChI is InChI=1S/C26H28N2O5S/c29-25(27-18-8-2-1-3-9-18)24(23-13-7-15-34-23)28(16-19-10-6-14-31-19)26(30)22-17-32-20-11-4-5-12-21(20)33-22/h4-7,10-15,18,22,24H,1-3,8-9,16-17H2,(H,27,29)/t22-,24+/m1/s1. The third-order valence-electron chi connectivity index (χ3n) is 6.30. The number of benzene rings is 1. The molecule has 0 bridgehead atoms. The number of hydrogen-bond donors (Lipinski definition) is 1. The lowest BCUT2D eigenvalue weighted by atomic mass is 9.95. The zero-order chi connectivity index (χ0) is 23.3. The van der Waals surface area contributed by atoms with E-state index in [0.29, 0.717) is 17.3 Å². The molecule has 0 spiro atoms. The zero-order valence-corrected chi connectivity index (χ0v) is 19.7. The average Bonchev–Trinajstić information content (AvgIpc) is 3.58. The van der Waals surface area contributed by atoms with Gasteiger partial charge in [-0.2, -0.15) is 0 Å². The van der Waals surface area contributed by atoms with Gasteiger partial charge in [0.2, 0.25) is 12.0 Å². The second-order valence-corrected chi connectivity index (χ2v) is 9.65. The van der Waals surface area contributed by atoms with E-state index in [2.05, 4.69) is 5.32 Å². The van der Waals surface area contributed by atoms with Crippen molar-refractivity contribution in [1.29, 1.82) is 0 Å². The Balaban J connectivity index is 1.44. The van der Waals surface area contributed by atoms with Crippen molar-refractivity contribution in [1.82, 2.24) is 10.2 Å². The van der Waals surface area contributed by atoms with Crippen molar-refractivity contribution in [2.75, 3.05) is 6.61 Å². The van der Waals surface area contributed by atoms with Gasteiger partial charge in [0, 0.05) is 10.9 Å². The molecule has 0 radical (unpaired) electrons. The van der Waals surface area contributed by atoms with E-state index in [-0.39, 0.29) is 31.0 Å². The number of para-hydroxylation sites is 2. The van der Waals surface area contributed by atoms with Crippen LogP contribution < -0.4 is 14.8 Å². The molecule has 8 heteroatoms. The van der Waals surface area contributed by atoms with Crippen LogP contribution in [0.15, 0.2) is 64.6 Å². The van der Waals surface area contributed by atoms with Crippen molar-refractivity contribution in [2.24, 2.45) is 0 Å². The minimum atomic E-state index is -0.866. The molecule has 1 aromatic carbocycles. The van der Waals surface area contributed by atoms with Crippen molar-refractivity contribution < 1.29 is 23.5 Å². The number of nitrogens with one attached hydrogen (secondary N) is 1. The topological polar surface area (TPSA) is 81.0 Å². The Hall–Kier alpha value is -3.26. The number of carbonyl (C=O) groups is 2. The van der Waals surface area contributed by atoms with Gasteiger partial charge in [-0.15, -0.1) is 11.3 Å². The Kier molecular flexibility index (Phi) is 6.85. The molecule has 7 nitrogen and oxygen atoms in total. The Morgan fingerprint density at radius 3 is 2.59 bits per heavy atom. The van der Waals surface area contributed by atoms with E-state index in [0.717, 1.165) is 30.6 Å². The molecule has 2 atom stereocenters. The predicted octanol–water partition coefficient (Wildman–Crippen LogP) is 4.70. The number of ether oxygens (including phenoxy) is 2. The van der Waals surface area contributed by atoms with Gasteiger partial charge in [0.05, 0.1) is 12.8 Å². The lowest BCUT2D eigenvalue weighted by Crippen LogP contribution is -2.51. The summed E-state index contributed by atoms with van der Waals surface area (Å²) in [6, 6.07) is 14.0. The summed E-state index contributed by atoms with van der Waals surface area (Å²) in [6.45, 7) is 0.222. The smallest absolute Gasteiger partial charge is 0.268 e. The number of furan rings is 1. The summed E-state index contributed by atoms with van der Waals surface area (Å²) in [7, 11) is 0. The van der Waals surface area contributed by atoms with Crippen molar-refractivity contribution >= 4 is 23.2 Å². The van der Waals surface area contributed by atoms with Gasteiger partial charge < -0.3 is 24.1 Å². The highest BCUT2D eigenvalue weighted by Crippen LogP contribution is 2.34. The molecular formula is C26H28N2O5S. The van der Waals surface area contributed by atoms with Crippen LogP contribution in [0.4, 0.5) is 0 Å². The van der Waals surface area contributed by atoms with Crippen LogP contribution in [0.5, 0.6) is 11.5 Å². The second-order valence-electron chi connectivity index (χ2n) is 8.67. The van der Waals surface area contributed by atoms with E-state index in [1.54, 1.807) is 29.4 Å². The van der Waals surface area contributed by atoms with E-state index in [9.17, 15) is 9.59 Å². The Labute approximate surface area is 202 Å². The summed E-state index contributed by atoms with van der Waals surface area (Å²) in [5.74, 6) is 1.23. The third kappa shape index (κ3) is 4.97. The predicted molar refractivity (Wildman–Crippen MR) is 128 cm³/mol. The number of nitrogens with zero attached hydrogens (tertiary/aromatic N) is 1. The van der Waals surface area contributed by atoms with Crippen LogP contribution in [0.2, 0.25) is 0 Å². The Morgan fingerprint density at radius 2 is 1.85 bits per heavy atom. The molecule has 1 aliphatic heterocycles. The first kappa shape index (κ1) is 22.5. The summed E-state index contributed by atoms with van der Waals surface area (Å²) < 4.78 is 17.4. The summed E-state index contributed by atoms with van der Waals surface area (Å²) in [6.07, 6.45) is 6.04. The van der Waals surface area contributed by atoms with Gasteiger partial charge >= 0.3 is 0 Å². The van der Waals surface area contributed by atoms with Gasteiger partial charge in [-0.3, -0.25) is 9.59 Å². The molecule has 1 fully saturated rings. The first-order valence-corrected chi connectivity index (χ1v) is 12.6.